The summed E-state index contributed by atoms with van der Waals surface area (Å²) in [4.78, 5) is 15.7. The molecule has 1 fully saturated rings. The average molecular weight is 430 g/mol. The minimum absolute atomic E-state index is 0. The Morgan fingerprint density at radius 3 is 2.67 bits per heavy atom. The first kappa shape index (κ1) is 21.8. The summed E-state index contributed by atoms with van der Waals surface area (Å²) in [6.45, 7) is 4.48. The first-order valence-electron chi connectivity index (χ1n) is 8.60. The van der Waals surface area contributed by atoms with Gasteiger partial charge in [-0.15, -0.1) is 23.7 Å². The first-order chi connectivity index (χ1) is 12.5. The number of carbonyl (C=O) groups excluding carboxylic acids is 1. The fourth-order valence-electron chi connectivity index (χ4n) is 2.92. The summed E-state index contributed by atoms with van der Waals surface area (Å²) in [5.74, 6) is -0.0621. The zero-order chi connectivity index (χ0) is 18.6. The number of sulfonamides is 1. The van der Waals surface area contributed by atoms with Gasteiger partial charge in [0, 0.05) is 42.7 Å². The molecule has 2 aromatic rings. The Morgan fingerprint density at radius 2 is 2.04 bits per heavy atom. The van der Waals surface area contributed by atoms with Crippen molar-refractivity contribution in [3.05, 3.63) is 52.2 Å². The second-order valence-electron chi connectivity index (χ2n) is 6.36. The van der Waals surface area contributed by atoms with Crippen LogP contribution in [0.4, 0.5) is 0 Å². The lowest BCUT2D eigenvalue weighted by atomic mass is 10.1. The minimum atomic E-state index is -3.57. The van der Waals surface area contributed by atoms with Crippen LogP contribution in [0.15, 0.2) is 46.7 Å². The van der Waals surface area contributed by atoms with E-state index in [1.165, 1.54) is 12.1 Å². The maximum absolute atomic E-state index is 12.5. The fraction of sp³-hybridized carbons (Fsp3) is 0.389. The lowest BCUT2D eigenvalue weighted by molar-refractivity contribution is 0.0709. The van der Waals surface area contributed by atoms with E-state index in [0.717, 1.165) is 11.4 Å². The number of nitrogens with one attached hydrogen (secondary N) is 2. The monoisotopic (exact) mass is 429 g/mol. The Kier molecular flexibility index (Phi) is 7.81. The van der Waals surface area contributed by atoms with E-state index in [1.54, 1.807) is 28.4 Å². The summed E-state index contributed by atoms with van der Waals surface area (Å²) < 4.78 is 27.4. The number of hydrogen-bond donors (Lipinski definition) is 2. The molecule has 0 spiro atoms. The van der Waals surface area contributed by atoms with Gasteiger partial charge in [0.05, 0.1) is 4.90 Å². The number of amides is 1. The topological polar surface area (TPSA) is 78.5 Å². The molecule has 148 valence electrons. The SMILES string of the molecule is CC1CN(C(=O)c2ccc(S(=O)(=O)NCCc3cccs3)cc2)CCN1.Cl. The molecule has 1 amide bonds. The van der Waals surface area contributed by atoms with Crippen LogP contribution in [-0.4, -0.2) is 51.4 Å². The van der Waals surface area contributed by atoms with Crippen LogP contribution in [0.1, 0.15) is 22.2 Å². The predicted octanol–water partition coefficient (Wildman–Crippen LogP) is 2.12. The summed E-state index contributed by atoms with van der Waals surface area (Å²) in [5, 5.41) is 5.27. The molecular formula is C18H24ClN3O3S2. The van der Waals surface area contributed by atoms with Gasteiger partial charge in [0.25, 0.3) is 5.91 Å². The molecule has 0 radical (unpaired) electrons. The van der Waals surface area contributed by atoms with E-state index in [4.69, 9.17) is 0 Å². The molecule has 6 nitrogen and oxygen atoms in total. The van der Waals surface area contributed by atoms with Gasteiger partial charge in [-0.2, -0.15) is 0 Å². The van der Waals surface area contributed by atoms with Crippen LogP contribution in [0.2, 0.25) is 0 Å². The van der Waals surface area contributed by atoms with Crippen LogP contribution in [0.5, 0.6) is 0 Å². The van der Waals surface area contributed by atoms with E-state index in [2.05, 4.69) is 10.0 Å². The third kappa shape index (κ3) is 5.76. The molecule has 2 heterocycles. The summed E-state index contributed by atoms with van der Waals surface area (Å²) in [6, 6.07) is 10.4. The van der Waals surface area contributed by atoms with Gasteiger partial charge in [0.1, 0.15) is 0 Å². The normalized spacial score (nSPS) is 17.4. The molecule has 1 aliphatic rings. The molecule has 9 heteroatoms. The maximum Gasteiger partial charge on any atom is 0.253 e. The van der Waals surface area contributed by atoms with Crippen LogP contribution in [0.3, 0.4) is 0 Å². The van der Waals surface area contributed by atoms with Gasteiger partial charge in [-0.1, -0.05) is 6.07 Å². The number of hydrogen-bond acceptors (Lipinski definition) is 5. The summed E-state index contributed by atoms with van der Waals surface area (Å²) >= 11 is 1.61. The van der Waals surface area contributed by atoms with E-state index >= 15 is 0 Å². The van der Waals surface area contributed by atoms with E-state index in [0.29, 0.717) is 31.6 Å². The third-order valence-corrected chi connectivity index (χ3v) is 6.72. The van der Waals surface area contributed by atoms with Crippen LogP contribution in [0.25, 0.3) is 0 Å². The van der Waals surface area contributed by atoms with Gasteiger partial charge in [-0.05, 0) is 49.1 Å². The van der Waals surface area contributed by atoms with Crippen molar-refractivity contribution in [2.75, 3.05) is 26.2 Å². The molecule has 3 rings (SSSR count). The quantitative estimate of drug-likeness (QED) is 0.737. The molecule has 0 saturated carbocycles. The lowest BCUT2D eigenvalue weighted by Gasteiger charge is -2.32. The number of piperazine rings is 1. The second kappa shape index (κ2) is 9.66. The highest BCUT2D eigenvalue weighted by Gasteiger charge is 2.22. The molecule has 1 aromatic carbocycles. The van der Waals surface area contributed by atoms with Gasteiger partial charge in [-0.25, -0.2) is 13.1 Å². The van der Waals surface area contributed by atoms with Crippen molar-refractivity contribution >= 4 is 39.7 Å². The molecule has 0 bridgehead atoms. The highest BCUT2D eigenvalue weighted by atomic mass is 35.5. The highest BCUT2D eigenvalue weighted by Crippen LogP contribution is 2.14. The maximum atomic E-state index is 12.5. The molecule has 1 aromatic heterocycles. The van der Waals surface area contributed by atoms with Crippen molar-refractivity contribution in [2.45, 2.75) is 24.3 Å². The number of thiophene rings is 1. The Morgan fingerprint density at radius 1 is 1.30 bits per heavy atom. The molecule has 1 saturated heterocycles. The Hall–Kier alpha value is -1.45. The molecule has 1 unspecified atom stereocenters. The largest absolute Gasteiger partial charge is 0.336 e. The van der Waals surface area contributed by atoms with Crippen LogP contribution in [-0.2, 0) is 16.4 Å². The highest BCUT2D eigenvalue weighted by molar-refractivity contribution is 7.89. The van der Waals surface area contributed by atoms with Crippen molar-refractivity contribution in [3.63, 3.8) is 0 Å². The molecule has 1 aliphatic heterocycles. The minimum Gasteiger partial charge on any atom is -0.336 e. The van der Waals surface area contributed by atoms with Crippen molar-refractivity contribution < 1.29 is 13.2 Å². The van der Waals surface area contributed by atoms with E-state index in [9.17, 15) is 13.2 Å². The van der Waals surface area contributed by atoms with E-state index in [1.807, 2.05) is 24.4 Å². The Bertz CT molecular complexity index is 839. The van der Waals surface area contributed by atoms with Gasteiger partial charge in [-0.3, -0.25) is 4.79 Å². The molecule has 0 aliphatic carbocycles. The zero-order valence-electron chi connectivity index (χ0n) is 15.1. The number of halogens is 1. The Labute approximate surface area is 170 Å². The predicted molar refractivity (Wildman–Crippen MR) is 110 cm³/mol. The molecule has 1 atom stereocenters. The summed E-state index contributed by atoms with van der Waals surface area (Å²) in [7, 11) is -3.57. The van der Waals surface area contributed by atoms with Crippen molar-refractivity contribution in [2.24, 2.45) is 0 Å². The van der Waals surface area contributed by atoms with Crippen molar-refractivity contribution in [3.8, 4) is 0 Å². The lowest BCUT2D eigenvalue weighted by Crippen LogP contribution is -2.51. The number of carbonyl (C=O) groups is 1. The average Bonchev–Trinajstić information content (AvgIpc) is 3.14. The summed E-state index contributed by atoms with van der Waals surface area (Å²) in [6.07, 6.45) is 0.661. The van der Waals surface area contributed by atoms with Gasteiger partial charge in [0.15, 0.2) is 0 Å². The van der Waals surface area contributed by atoms with Gasteiger partial charge < -0.3 is 10.2 Å². The van der Waals surface area contributed by atoms with Crippen molar-refractivity contribution in [1.29, 1.82) is 0 Å². The standard InChI is InChI=1S/C18H23N3O3S2.ClH/c1-14-13-21(11-10-19-14)18(22)15-4-6-17(7-5-15)26(23,24)20-9-8-16-3-2-12-25-16;/h2-7,12,14,19-20H,8-11,13H2,1H3;1H. The third-order valence-electron chi connectivity index (χ3n) is 4.31. The van der Waals surface area contributed by atoms with Gasteiger partial charge in [0.2, 0.25) is 10.0 Å². The second-order valence-corrected chi connectivity index (χ2v) is 9.16. The summed E-state index contributed by atoms with van der Waals surface area (Å²) in [5.41, 5.74) is 0.511. The molecule has 2 N–H and O–H groups in total. The Balaban J connectivity index is 0.00000261. The number of nitrogens with zero attached hydrogens (tertiary/aromatic N) is 1. The van der Waals surface area contributed by atoms with Crippen LogP contribution in [0, 0.1) is 0 Å². The van der Waals surface area contributed by atoms with E-state index in [-0.39, 0.29) is 29.3 Å². The van der Waals surface area contributed by atoms with Crippen LogP contribution < -0.4 is 10.0 Å². The van der Waals surface area contributed by atoms with E-state index < -0.39 is 10.0 Å². The first-order valence-corrected chi connectivity index (χ1v) is 11.0. The smallest absolute Gasteiger partial charge is 0.253 e. The number of rotatable bonds is 6. The van der Waals surface area contributed by atoms with Crippen molar-refractivity contribution in [1.82, 2.24) is 14.9 Å². The van der Waals surface area contributed by atoms with Gasteiger partial charge >= 0.3 is 0 Å². The number of benzene rings is 1. The zero-order valence-corrected chi connectivity index (χ0v) is 17.5. The van der Waals surface area contributed by atoms with Crippen LogP contribution >= 0.6 is 23.7 Å². The fourth-order valence-corrected chi connectivity index (χ4v) is 4.66. The molecular weight excluding hydrogens is 406 g/mol. The molecule has 27 heavy (non-hydrogen) atoms.